The summed E-state index contributed by atoms with van der Waals surface area (Å²) in [5.41, 5.74) is 2.16. The Morgan fingerprint density at radius 1 is 1.00 bits per heavy atom. The van der Waals surface area contributed by atoms with E-state index < -0.39 is 0 Å². The number of nitrogens with one attached hydrogen (secondary N) is 1. The first-order valence-electron chi connectivity index (χ1n) is 6.57. The molecule has 2 heterocycles. The van der Waals surface area contributed by atoms with Gasteiger partial charge in [-0.05, 0) is 25.5 Å². The second kappa shape index (κ2) is 7.96. The zero-order chi connectivity index (χ0) is 12.8. The van der Waals surface area contributed by atoms with Crippen LogP contribution in [0.5, 0.6) is 0 Å². The predicted octanol–water partition coefficient (Wildman–Crippen LogP) is 2.22. The van der Waals surface area contributed by atoms with Crippen LogP contribution in [0.1, 0.15) is 31.7 Å². The van der Waals surface area contributed by atoms with Crippen molar-refractivity contribution in [2.24, 2.45) is 0 Å². The van der Waals surface area contributed by atoms with Crippen LogP contribution in [0.3, 0.4) is 0 Å². The summed E-state index contributed by atoms with van der Waals surface area (Å²) in [5.74, 6) is 0. The van der Waals surface area contributed by atoms with Crippen molar-refractivity contribution in [3.63, 3.8) is 0 Å². The molecule has 2 aromatic rings. The maximum atomic E-state index is 4.48. The molecular weight excluding hydrogens is 262 g/mol. The average molecular weight is 284 g/mol. The van der Waals surface area contributed by atoms with Gasteiger partial charge in [0.2, 0.25) is 0 Å². The fourth-order valence-electron chi connectivity index (χ4n) is 1.84. The molecule has 2 aromatic heterocycles. The van der Waals surface area contributed by atoms with Gasteiger partial charge in [0.1, 0.15) is 0 Å². The molecule has 0 atom stereocenters. The van der Waals surface area contributed by atoms with Crippen LogP contribution >= 0.6 is 12.4 Å². The van der Waals surface area contributed by atoms with Gasteiger partial charge in [0.05, 0.1) is 11.4 Å². The lowest BCUT2D eigenvalue weighted by Crippen LogP contribution is -2.14. The van der Waals surface area contributed by atoms with Gasteiger partial charge >= 0.3 is 0 Å². The molecule has 0 aromatic carbocycles. The first-order valence-corrected chi connectivity index (χ1v) is 6.57. The van der Waals surface area contributed by atoms with Crippen molar-refractivity contribution in [1.29, 1.82) is 0 Å². The van der Waals surface area contributed by atoms with Crippen LogP contribution in [-0.4, -0.2) is 19.6 Å². The Balaban J connectivity index is 0.00000180. The van der Waals surface area contributed by atoms with E-state index in [9.17, 15) is 0 Å². The van der Waals surface area contributed by atoms with Gasteiger partial charge in [0.15, 0.2) is 0 Å². The van der Waals surface area contributed by atoms with Gasteiger partial charge in [0, 0.05) is 38.6 Å². The molecule has 0 aliphatic carbocycles. The average Bonchev–Trinajstić information content (AvgIpc) is 2.99. The summed E-state index contributed by atoms with van der Waals surface area (Å²) in [7, 11) is 0. The fraction of sp³-hybridized carbons (Fsp3) is 0.538. The van der Waals surface area contributed by atoms with Gasteiger partial charge < -0.3 is 5.32 Å². The molecule has 0 saturated heterocycles. The van der Waals surface area contributed by atoms with Crippen molar-refractivity contribution in [3.8, 4) is 0 Å². The van der Waals surface area contributed by atoms with E-state index in [-0.39, 0.29) is 12.4 Å². The highest BCUT2D eigenvalue weighted by molar-refractivity contribution is 5.85. The topological polar surface area (TPSA) is 47.7 Å². The maximum absolute atomic E-state index is 4.48. The van der Waals surface area contributed by atoms with Crippen molar-refractivity contribution in [2.45, 2.75) is 46.4 Å². The number of aromatic nitrogens is 4. The molecular formula is C13H22ClN5. The molecule has 0 amide bonds. The highest BCUT2D eigenvalue weighted by atomic mass is 35.5. The van der Waals surface area contributed by atoms with Crippen molar-refractivity contribution < 1.29 is 0 Å². The van der Waals surface area contributed by atoms with E-state index >= 15 is 0 Å². The normalized spacial score (nSPS) is 10.4. The molecule has 0 aliphatic heterocycles. The summed E-state index contributed by atoms with van der Waals surface area (Å²) < 4.78 is 3.93. The highest BCUT2D eigenvalue weighted by Crippen LogP contribution is 1.99. The van der Waals surface area contributed by atoms with E-state index in [4.69, 9.17) is 0 Å². The number of rotatable bonds is 7. The SMILES string of the molecule is CCCn1ccc(CNCc2ccn(CC)n2)n1.Cl. The molecule has 19 heavy (non-hydrogen) atoms. The van der Waals surface area contributed by atoms with Crippen LogP contribution in [-0.2, 0) is 26.2 Å². The Labute approximate surface area is 120 Å². The van der Waals surface area contributed by atoms with Crippen LogP contribution in [0, 0.1) is 0 Å². The lowest BCUT2D eigenvalue weighted by atomic mass is 10.4. The maximum Gasteiger partial charge on any atom is 0.0762 e. The van der Waals surface area contributed by atoms with Gasteiger partial charge in [-0.2, -0.15) is 10.2 Å². The highest BCUT2D eigenvalue weighted by Gasteiger charge is 2.00. The van der Waals surface area contributed by atoms with Gasteiger partial charge in [-0.3, -0.25) is 9.36 Å². The molecule has 6 heteroatoms. The molecule has 5 nitrogen and oxygen atoms in total. The molecule has 0 bridgehead atoms. The summed E-state index contributed by atoms with van der Waals surface area (Å²) in [5, 5.41) is 12.3. The third-order valence-electron chi connectivity index (χ3n) is 2.78. The lowest BCUT2D eigenvalue weighted by Gasteiger charge is -2.00. The molecule has 0 unspecified atom stereocenters. The summed E-state index contributed by atoms with van der Waals surface area (Å²) in [6.45, 7) is 7.72. The molecule has 0 fully saturated rings. The predicted molar refractivity (Wildman–Crippen MR) is 78.2 cm³/mol. The van der Waals surface area contributed by atoms with E-state index in [1.54, 1.807) is 0 Å². The molecule has 0 radical (unpaired) electrons. The molecule has 2 rings (SSSR count). The van der Waals surface area contributed by atoms with Gasteiger partial charge in [-0.25, -0.2) is 0 Å². The summed E-state index contributed by atoms with van der Waals surface area (Å²) in [4.78, 5) is 0. The summed E-state index contributed by atoms with van der Waals surface area (Å²) >= 11 is 0. The Hall–Kier alpha value is -1.33. The summed E-state index contributed by atoms with van der Waals surface area (Å²) in [6.07, 6.45) is 5.16. The minimum Gasteiger partial charge on any atom is -0.305 e. The minimum absolute atomic E-state index is 0. The van der Waals surface area contributed by atoms with Crippen LogP contribution in [0.15, 0.2) is 24.5 Å². The molecule has 0 spiro atoms. The third-order valence-corrected chi connectivity index (χ3v) is 2.78. The van der Waals surface area contributed by atoms with Crippen molar-refractivity contribution in [2.75, 3.05) is 0 Å². The number of hydrogen-bond donors (Lipinski definition) is 1. The number of hydrogen-bond acceptors (Lipinski definition) is 3. The Kier molecular flexibility index (Phi) is 6.59. The number of aryl methyl sites for hydroxylation is 2. The first kappa shape index (κ1) is 15.7. The zero-order valence-electron chi connectivity index (χ0n) is 11.5. The monoisotopic (exact) mass is 283 g/mol. The lowest BCUT2D eigenvalue weighted by molar-refractivity contribution is 0.577. The van der Waals surface area contributed by atoms with E-state index in [2.05, 4.69) is 35.4 Å². The van der Waals surface area contributed by atoms with E-state index in [1.807, 2.05) is 27.8 Å². The van der Waals surface area contributed by atoms with Gasteiger partial charge in [-0.15, -0.1) is 12.4 Å². The quantitative estimate of drug-likeness (QED) is 0.848. The minimum atomic E-state index is 0. The van der Waals surface area contributed by atoms with Crippen molar-refractivity contribution in [1.82, 2.24) is 24.9 Å². The van der Waals surface area contributed by atoms with Crippen molar-refractivity contribution in [3.05, 3.63) is 35.9 Å². The Morgan fingerprint density at radius 2 is 1.58 bits per heavy atom. The van der Waals surface area contributed by atoms with Gasteiger partial charge in [0.25, 0.3) is 0 Å². The summed E-state index contributed by atoms with van der Waals surface area (Å²) in [6, 6.07) is 4.11. The van der Waals surface area contributed by atoms with Gasteiger partial charge in [-0.1, -0.05) is 6.92 Å². The number of halogens is 1. The van der Waals surface area contributed by atoms with E-state index in [1.165, 1.54) is 0 Å². The molecule has 1 N–H and O–H groups in total. The Morgan fingerprint density at radius 3 is 2.11 bits per heavy atom. The standard InChI is InChI=1S/C13H21N5.ClH/c1-3-7-18-9-6-13(16-18)11-14-10-12-5-8-17(4-2)15-12;/h5-6,8-9,14H,3-4,7,10-11H2,1-2H3;1H. The van der Waals surface area contributed by atoms with Crippen molar-refractivity contribution >= 4 is 12.4 Å². The zero-order valence-corrected chi connectivity index (χ0v) is 12.4. The van der Waals surface area contributed by atoms with E-state index in [0.717, 1.165) is 44.0 Å². The molecule has 106 valence electrons. The molecule has 0 aliphatic rings. The van der Waals surface area contributed by atoms with Crippen LogP contribution in [0.2, 0.25) is 0 Å². The van der Waals surface area contributed by atoms with Crippen LogP contribution in [0.4, 0.5) is 0 Å². The number of nitrogens with zero attached hydrogens (tertiary/aromatic N) is 4. The first-order chi connectivity index (χ1) is 8.81. The third kappa shape index (κ3) is 4.69. The Bertz CT molecular complexity index is 477. The van der Waals surface area contributed by atoms with E-state index in [0.29, 0.717) is 0 Å². The fourth-order valence-corrected chi connectivity index (χ4v) is 1.84. The largest absolute Gasteiger partial charge is 0.305 e. The molecule has 0 saturated carbocycles. The smallest absolute Gasteiger partial charge is 0.0762 e. The second-order valence-electron chi connectivity index (χ2n) is 4.34. The second-order valence-corrected chi connectivity index (χ2v) is 4.34. The van der Waals surface area contributed by atoms with Crippen LogP contribution in [0.25, 0.3) is 0 Å². The van der Waals surface area contributed by atoms with Crippen LogP contribution < -0.4 is 5.32 Å².